The third-order valence-corrected chi connectivity index (χ3v) is 3.14. The molecule has 1 fully saturated rings. The zero-order valence-corrected chi connectivity index (χ0v) is 10.7. The van der Waals surface area contributed by atoms with E-state index in [0.717, 1.165) is 25.9 Å². The number of nitrogens with zero attached hydrogens (tertiary/aromatic N) is 2. The van der Waals surface area contributed by atoms with Gasteiger partial charge in [0.05, 0.1) is 17.7 Å². The predicted octanol–water partition coefficient (Wildman–Crippen LogP) is 1.13. The third-order valence-electron chi connectivity index (χ3n) is 2.92. The van der Waals surface area contributed by atoms with E-state index < -0.39 is 0 Å². The summed E-state index contributed by atoms with van der Waals surface area (Å²) in [5, 5.41) is 12.6. The highest BCUT2D eigenvalue weighted by Gasteiger charge is 2.18. The van der Waals surface area contributed by atoms with Gasteiger partial charge in [0, 0.05) is 19.3 Å². The number of hydrogen-bond acceptors (Lipinski definition) is 4. The Hall–Kier alpha value is -1.17. The number of anilines is 1. The van der Waals surface area contributed by atoms with Crippen molar-refractivity contribution in [1.29, 1.82) is 0 Å². The van der Waals surface area contributed by atoms with Crippen LogP contribution in [0, 0.1) is 0 Å². The molecule has 0 aliphatic carbocycles. The number of carbonyl (C=O) groups excluding carboxylic acids is 1. The molecule has 2 heterocycles. The second-order valence-electron chi connectivity index (χ2n) is 4.42. The molecular weight excluding hydrogens is 254 g/mol. The van der Waals surface area contributed by atoms with Crippen LogP contribution in [0.4, 0.5) is 5.82 Å². The topological polar surface area (TPSA) is 65.5 Å². The fraction of sp³-hybridized carbons (Fsp3) is 0.500. The monoisotopic (exact) mass is 269 g/mol. The van der Waals surface area contributed by atoms with Gasteiger partial charge in [-0.05, 0) is 25.0 Å². The molecule has 1 amide bonds. The van der Waals surface area contributed by atoms with Crippen LogP contribution in [-0.4, -0.2) is 46.6 Å². The summed E-state index contributed by atoms with van der Waals surface area (Å²) in [4.78, 5) is 17.8. The molecule has 0 bridgehead atoms. The van der Waals surface area contributed by atoms with Crippen molar-refractivity contribution in [2.75, 3.05) is 25.0 Å². The zero-order chi connectivity index (χ0) is 13.0. The third kappa shape index (κ3) is 3.94. The van der Waals surface area contributed by atoms with Crippen molar-refractivity contribution in [1.82, 2.24) is 9.88 Å². The number of amides is 1. The highest BCUT2D eigenvalue weighted by atomic mass is 35.5. The highest BCUT2D eigenvalue weighted by Crippen LogP contribution is 2.11. The molecule has 0 unspecified atom stereocenters. The molecule has 2 rings (SSSR count). The lowest BCUT2D eigenvalue weighted by Gasteiger charge is -2.28. The number of aromatic nitrogens is 1. The minimum atomic E-state index is -0.220. The molecule has 1 aliphatic rings. The molecule has 6 heteroatoms. The van der Waals surface area contributed by atoms with E-state index in [1.807, 2.05) is 4.90 Å². The second kappa shape index (κ2) is 6.13. The van der Waals surface area contributed by atoms with Crippen LogP contribution >= 0.6 is 11.6 Å². The summed E-state index contributed by atoms with van der Waals surface area (Å²) in [6.45, 7) is 1.84. The number of aliphatic hydroxyl groups excluding tert-OH is 1. The first-order valence-corrected chi connectivity index (χ1v) is 6.33. The standard InChI is InChI=1S/C12H16ClN3O2/c13-9-1-2-11(14-7-9)15-12(18)8-16-5-3-10(17)4-6-16/h1-2,7,10,17H,3-6,8H2,(H,14,15,18). The largest absolute Gasteiger partial charge is 0.393 e. The van der Waals surface area contributed by atoms with Crippen molar-refractivity contribution in [2.45, 2.75) is 18.9 Å². The lowest BCUT2D eigenvalue weighted by atomic mass is 10.1. The van der Waals surface area contributed by atoms with Gasteiger partial charge in [-0.1, -0.05) is 11.6 Å². The zero-order valence-electron chi connectivity index (χ0n) is 9.97. The molecule has 1 aromatic rings. The molecule has 0 atom stereocenters. The Bertz CT molecular complexity index is 402. The maximum absolute atomic E-state index is 11.8. The van der Waals surface area contributed by atoms with Gasteiger partial charge in [-0.3, -0.25) is 9.69 Å². The van der Waals surface area contributed by atoms with Gasteiger partial charge in [0.1, 0.15) is 5.82 Å². The number of aliphatic hydroxyl groups is 1. The van der Waals surface area contributed by atoms with Crippen molar-refractivity contribution in [2.24, 2.45) is 0 Å². The number of piperidine rings is 1. The number of rotatable bonds is 3. The fourth-order valence-electron chi connectivity index (χ4n) is 1.91. The first-order valence-electron chi connectivity index (χ1n) is 5.95. The van der Waals surface area contributed by atoms with E-state index in [0.29, 0.717) is 17.4 Å². The number of nitrogens with one attached hydrogen (secondary N) is 1. The average molecular weight is 270 g/mol. The van der Waals surface area contributed by atoms with Crippen molar-refractivity contribution in [3.63, 3.8) is 0 Å². The average Bonchev–Trinajstić information content (AvgIpc) is 2.35. The van der Waals surface area contributed by atoms with E-state index in [1.54, 1.807) is 12.1 Å². The quantitative estimate of drug-likeness (QED) is 0.863. The number of pyridine rings is 1. The first kappa shape index (κ1) is 13.3. The van der Waals surface area contributed by atoms with Crippen LogP contribution in [0.2, 0.25) is 5.02 Å². The lowest BCUT2D eigenvalue weighted by molar-refractivity contribution is -0.117. The number of hydrogen-bond donors (Lipinski definition) is 2. The smallest absolute Gasteiger partial charge is 0.239 e. The summed E-state index contributed by atoms with van der Waals surface area (Å²) in [5.74, 6) is 0.405. The molecule has 1 aromatic heterocycles. The molecule has 0 aromatic carbocycles. The molecule has 98 valence electrons. The van der Waals surface area contributed by atoms with Gasteiger partial charge in [-0.15, -0.1) is 0 Å². The molecule has 18 heavy (non-hydrogen) atoms. The van der Waals surface area contributed by atoms with Gasteiger partial charge in [0.15, 0.2) is 0 Å². The van der Waals surface area contributed by atoms with Crippen molar-refractivity contribution in [3.05, 3.63) is 23.4 Å². The summed E-state index contributed by atoms with van der Waals surface area (Å²) < 4.78 is 0. The fourth-order valence-corrected chi connectivity index (χ4v) is 2.02. The lowest BCUT2D eigenvalue weighted by Crippen LogP contribution is -2.40. The van der Waals surface area contributed by atoms with Gasteiger partial charge in [0.2, 0.25) is 5.91 Å². The normalized spacial score (nSPS) is 17.7. The van der Waals surface area contributed by atoms with Gasteiger partial charge in [-0.25, -0.2) is 4.98 Å². The molecule has 0 spiro atoms. The Kier molecular flexibility index (Phi) is 4.52. The summed E-state index contributed by atoms with van der Waals surface area (Å²) >= 11 is 5.71. The Morgan fingerprint density at radius 1 is 1.50 bits per heavy atom. The Balaban J connectivity index is 1.80. The van der Waals surface area contributed by atoms with Gasteiger partial charge in [0.25, 0.3) is 0 Å². The van der Waals surface area contributed by atoms with E-state index >= 15 is 0 Å². The highest BCUT2D eigenvalue weighted by molar-refractivity contribution is 6.30. The van der Waals surface area contributed by atoms with Crippen LogP contribution in [0.3, 0.4) is 0 Å². The molecule has 1 aliphatic heterocycles. The predicted molar refractivity (Wildman–Crippen MR) is 69.6 cm³/mol. The summed E-state index contributed by atoms with van der Waals surface area (Å²) in [6, 6.07) is 3.35. The summed E-state index contributed by atoms with van der Waals surface area (Å²) in [6.07, 6.45) is 2.73. The van der Waals surface area contributed by atoms with Crippen molar-refractivity contribution in [3.8, 4) is 0 Å². The Morgan fingerprint density at radius 3 is 2.83 bits per heavy atom. The van der Waals surface area contributed by atoms with Crippen LogP contribution < -0.4 is 5.32 Å². The van der Waals surface area contributed by atoms with Crippen LogP contribution in [0.5, 0.6) is 0 Å². The molecule has 0 radical (unpaired) electrons. The van der Waals surface area contributed by atoms with E-state index in [4.69, 9.17) is 11.6 Å². The van der Waals surface area contributed by atoms with E-state index in [1.165, 1.54) is 6.20 Å². The Morgan fingerprint density at radius 2 is 2.22 bits per heavy atom. The van der Waals surface area contributed by atoms with Crippen LogP contribution in [0.25, 0.3) is 0 Å². The molecule has 5 nitrogen and oxygen atoms in total. The number of halogens is 1. The van der Waals surface area contributed by atoms with Crippen LogP contribution in [0.1, 0.15) is 12.8 Å². The van der Waals surface area contributed by atoms with Gasteiger partial charge < -0.3 is 10.4 Å². The minimum Gasteiger partial charge on any atom is -0.393 e. The maximum atomic E-state index is 11.8. The number of carbonyl (C=O) groups is 1. The van der Waals surface area contributed by atoms with E-state index in [9.17, 15) is 9.90 Å². The molecule has 2 N–H and O–H groups in total. The van der Waals surface area contributed by atoms with Crippen molar-refractivity contribution < 1.29 is 9.90 Å². The molecule has 0 saturated carbocycles. The number of likely N-dealkylation sites (tertiary alicyclic amines) is 1. The maximum Gasteiger partial charge on any atom is 0.239 e. The van der Waals surface area contributed by atoms with Gasteiger partial charge >= 0.3 is 0 Å². The molecular formula is C12H16ClN3O2. The Labute approximate surface area is 111 Å². The second-order valence-corrected chi connectivity index (χ2v) is 4.85. The summed E-state index contributed by atoms with van der Waals surface area (Å²) in [7, 11) is 0. The van der Waals surface area contributed by atoms with Crippen molar-refractivity contribution >= 4 is 23.3 Å². The SMILES string of the molecule is O=C(CN1CCC(O)CC1)Nc1ccc(Cl)cn1. The molecule has 1 saturated heterocycles. The van der Waals surface area contributed by atoms with E-state index in [2.05, 4.69) is 10.3 Å². The van der Waals surface area contributed by atoms with Crippen LogP contribution in [-0.2, 0) is 4.79 Å². The van der Waals surface area contributed by atoms with E-state index in [-0.39, 0.29) is 12.0 Å². The minimum absolute atomic E-state index is 0.0961. The summed E-state index contributed by atoms with van der Waals surface area (Å²) in [5.41, 5.74) is 0. The first-order chi connectivity index (χ1) is 8.63. The van der Waals surface area contributed by atoms with Gasteiger partial charge in [-0.2, -0.15) is 0 Å². The van der Waals surface area contributed by atoms with Crippen LogP contribution in [0.15, 0.2) is 18.3 Å².